The first kappa shape index (κ1) is 21.6. The number of nitrogens with zero attached hydrogens (tertiary/aromatic N) is 2. The Morgan fingerprint density at radius 3 is 2.53 bits per heavy atom. The minimum atomic E-state index is -0.523. The molecular formula is C21H23ClN4O4. The summed E-state index contributed by atoms with van der Waals surface area (Å²) in [7, 11) is 0. The van der Waals surface area contributed by atoms with E-state index in [0.29, 0.717) is 28.5 Å². The fourth-order valence-electron chi connectivity index (χ4n) is 3.38. The summed E-state index contributed by atoms with van der Waals surface area (Å²) in [5.74, 6) is -0.657. The first-order valence-electron chi connectivity index (χ1n) is 9.83. The SMILES string of the molecule is CCCC(=O)Nc1ccc(Cl)c(NC(=O)c2ccc(N3CCCC3)c([N+](=O)[O-])c2)c1. The monoisotopic (exact) mass is 430 g/mol. The molecule has 1 saturated heterocycles. The van der Waals surface area contributed by atoms with Crippen molar-refractivity contribution >= 4 is 46.2 Å². The molecule has 0 radical (unpaired) electrons. The van der Waals surface area contributed by atoms with Gasteiger partial charge >= 0.3 is 0 Å². The van der Waals surface area contributed by atoms with Crippen molar-refractivity contribution < 1.29 is 14.5 Å². The molecule has 2 N–H and O–H groups in total. The maximum atomic E-state index is 12.7. The third-order valence-electron chi connectivity index (χ3n) is 4.86. The van der Waals surface area contributed by atoms with Crippen molar-refractivity contribution in [3.05, 3.63) is 57.1 Å². The van der Waals surface area contributed by atoms with E-state index in [0.717, 1.165) is 32.4 Å². The number of nitro groups is 1. The number of anilines is 3. The van der Waals surface area contributed by atoms with E-state index in [1.807, 2.05) is 11.8 Å². The van der Waals surface area contributed by atoms with E-state index in [9.17, 15) is 19.7 Å². The Morgan fingerprint density at radius 1 is 1.13 bits per heavy atom. The summed E-state index contributed by atoms with van der Waals surface area (Å²) in [6.45, 7) is 3.43. The number of hydrogen-bond acceptors (Lipinski definition) is 5. The van der Waals surface area contributed by atoms with Gasteiger partial charge in [-0.25, -0.2) is 0 Å². The molecule has 8 nitrogen and oxygen atoms in total. The standard InChI is InChI=1S/C21H23ClN4O4/c1-2-5-20(27)23-15-7-8-16(22)17(13-15)24-21(28)14-6-9-18(19(12-14)26(29)30)25-10-3-4-11-25/h6-9,12-13H,2-5,10-11H2,1H3,(H,23,27)(H,24,28). The van der Waals surface area contributed by atoms with Gasteiger partial charge in [-0.2, -0.15) is 0 Å². The molecule has 1 aliphatic rings. The summed E-state index contributed by atoms with van der Waals surface area (Å²) in [6, 6.07) is 9.22. The quantitative estimate of drug-likeness (QED) is 0.483. The summed E-state index contributed by atoms with van der Waals surface area (Å²) >= 11 is 6.18. The summed E-state index contributed by atoms with van der Waals surface area (Å²) in [5, 5.41) is 17.3. The molecule has 0 unspecified atom stereocenters. The predicted molar refractivity (Wildman–Crippen MR) is 117 cm³/mol. The molecular weight excluding hydrogens is 408 g/mol. The molecule has 0 aliphatic carbocycles. The van der Waals surface area contributed by atoms with Crippen LogP contribution >= 0.6 is 11.6 Å². The number of nitrogens with one attached hydrogen (secondary N) is 2. The molecule has 158 valence electrons. The van der Waals surface area contributed by atoms with E-state index in [1.54, 1.807) is 30.3 Å². The molecule has 2 amide bonds. The highest BCUT2D eigenvalue weighted by molar-refractivity contribution is 6.34. The minimum absolute atomic E-state index is 0.101. The fourth-order valence-corrected chi connectivity index (χ4v) is 3.54. The van der Waals surface area contributed by atoms with Gasteiger partial charge in [-0.15, -0.1) is 0 Å². The van der Waals surface area contributed by atoms with E-state index in [4.69, 9.17) is 11.6 Å². The Bertz CT molecular complexity index is 973. The molecule has 2 aromatic rings. The van der Waals surface area contributed by atoms with Crippen molar-refractivity contribution in [2.75, 3.05) is 28.6 Å². The van der Waals surface area contributed by atoms with Crippen LogP contribution in [0.4, 0.5) is 22.7 Å². The summed E-state index contributed by atoms with van der Waals surface area (Å²) in [5.41, 5.74) is 1.39. The van der Waals surface area contributed by atoms with Crippen molar-refractivity contribution in [1.29, 1.82) is 0 Å². The van der Waals surface area contributed by atoms with Crippen LogP contribution in [0.25, 0.3) is 0 Å². The fraction of sp³-hybridized carbons (Fsp3) is 0.333. The van der Waals surface area contributed by atoms with Gasteiger partial charge in [-0.1, -0.05) is 18.5 Å². The van der Waals surface area contributed by atoms with Crippen molar-refractivity contribution in [3.63, 3.8) is 0 Å². The Kier molecular flexibility index (Phi) is 6.89. The van der Waals surface area contributed by atoms with E-state index < -0.39 is 10.8 Å². The molecule has 0 aromatic heterocycles. The zero-order valence-corrected chi connectivity index (χ0v) is 17.4. The van der Waals surface area contributed by atoms with Gasteiger partial charge in [0.25, 0.3) is 11.6 Å². The van der Waals surface area contributed by atoms with Crippen LogP contribution in [0.5, 0.6) is 0 Å². The van der Waals surface area contributed by atoms with Crippen LogP contribution < -0.4 is 15.5 Å². The molecule has 0 bridgehead atoms. The molecule has 1 heterocycles. The van der Waals surface area contributed by atoms with Gasteiger partial charge in [0, 0.05) is 36.8 Å². The van der Waals surface area contributed by atoms with Crippen LogP contribution in [0.3, 0.4) is 0 Å². The van der Waals surface area contributed by atoms with Crippen molar-refractivity contribution in [1.82, 2.24) is 0 Å². The number of rotatable bonds is 7. The molecule has 1 fully saturated rings. The number of benzene rings is 2. The minimum Gasteiger partial charge on any atom is -0.366 e. The highest BCUT2D eigenvalue weighted by atomic mass is 35.5. The number of carbonyl (C=O) groups excluding carboxylic acids is 2. The molecule has 1 aliphatic heterocycles. The molecule has 30 heavy (non-hydrogen) atoms. The zero-order chi connectivity index (χ0) is 21.7. The first-order valence-corrected chi connectivity index (χ1v) is 10.2. The number of nitro benzene ring substituents is 1. The average Bonchev–Trinajstić information content (AvgIpc) is 3.25. The van der Waals surface area contributed by atoms with Gasteiger partial charge in [-0.05, 0) is 49.6 Å². The molecule has 0 spiro atoms. The van der Waals surface area contributed by atoms with Crippen LogP contribution in [0, 0.1) is 10.1 Å². The largest absolute Gasteiger partial charge is 0.366 e. The zero-order valence-electron chi connectivity index (χ0n) is 16.6. The Balaban J connectivity index is 1.81. The third kappa shape index (κ3) is 5.07. The molecule has 0 atom stereocenters. The lowest BCUT2D eigenvalue weighted by Crippen LogP contribution is -2.20. The topological polar surface area (TPSA) is 105 Å². The average molecular weight is 431 g/mol. The highest BCUT2D eigenvalue weighted by Crippen LogP contribution is 2.32. The van der Waals surface area contributed by atoms with E-state index in [2.05, 4.69) is 10.6 Å². The van der Waals surface area contributed by atoms with Crippen LogP contribution in [0.2, 0.25) is 5.02 Å². The van der Waals surface area contributed by atoms with Crippen LogP contribution in [0.1, 0.15) is 43.0 Å². The molecule has 3 rings (SSSR count). The van der Waals surface area contributed by atoms with Gasteiger partial charge in [-0.3, -0.25) is 19.7 Å². The summed E-state index contributed by atoms with van der Waals surface area (Å²) in [6.07, 6.45) is 3.08. The molecule has 2 aromatic carbocycles. The van der Waals surface area contributed by atoms with Crippen LogP contribution in [-0.4, -0.2) is 29.8 Å². The second-order valence-corrected chi connectivity index (χ2v) is 7.51. The van der Waals surface area contributed by atoms with Crippen molar-refractivity contribution in [2.24, 2.45) is 0 Å². The van der Waals surface area contributed by atoms with Gasteiger partial charge < -0.3 is 15.5 Å². The summed E-state index contributed by atoms with van der Waals surface area (Å²) in [4.78, 5) is 37.6. The van der Waals surface area contributed by atoms with Gasteiger partial charge in [0.1, 0.15) is 5.69 Å². The Labute approximate surface area is 179 Å². The third-order valence-corrected chi connectivity index (χ3v) is 5.19. The lowest BCUT2D eigenvalue weighted by atomic mass is 10.1. The van der Waals surface area contributed by atoms with Crippen molar-refractivity contribution in [2.45, 2.75) is 32.6 Å². The van der Waals surface area contributed by atoms with Crippen molar-refractivity contribution in [3.8, 4) is 0 Å². The van der Waals surface area contributed by atoms with E-state index in [-0.39, 0.29) is 17.2 Å². The first-order chi connectivity index (χ1) is 14.4. The summed E-state index contributed by atoms with van der Waals surface area (Å²) < 4.78 is 0. The van der Waals surface area contributed by atoms with Gasteiger partial charge in [0.2, 0.25) is 5.91 Å². The number of carbonyl (C=O) groups is 2. The highest BCUT2D eigenvalue weighted by Gasteiger charge is 2.24. The van der Waals surface area contributed by atoms with E-state index >= 15 is 0 Å². The molecule has 9 heteroatoms. The maximum Gasteiger partial charge on any atom is 0.293 e. The Hall–Kier alpha value is -3.13. The van der Waals surface area contributed by atoms with Gasteiger partial charge in [0.05, 0.1) is 15.6 Å². The number of halogens is 1. The van der Waals surface area contributed by atoms with Crippen LogP contribution in [0.15, 0.2) is 36.4 Å². The second kappa shape index (κ2) is 9.58. The number of hydrogen-bond donors (Lipinski definition) is 2. The lowest BCUT2D eigenvalue weighted by Gasteiger charge is -2.18. The second-order valence-electron chi connectivity index (χ2n) is 7.10. The number of amides is 2. The van der Waals surface area contributed by atoms with E-state index in [1.165, 1.54) is 6.07 Å². The van der Waals surface area contributed by atoms with Crippen LogP contribution in [-0.2, 0) is 4.79 Å². The smallest absolute Gasteiger partial charge is 0.293 e. The lowest BCUT2D eigenvalue weighted by molar-refractivity contribution is -0.384. The normalized spacial score (nSPS) is 13.2. The Morgan fingerprint density at radius 2 is 1.87 bits per heavy atom. The van der Waals surface area contributed by atoms with Gasteiger partial charge in [0.15, 0.2) is 0 Å². The molecule has 0 saturated carbocycles. The maximum absolute atomic E-state index is 12.7. The predicted octanol–water partition coefficient (Wildman–Crippen LogP) is 4.84.